The van der Waals surface area contributed by atoms with Gasteiger partial charge in [0.2, 0.25) is 0 Å². The molecule has 3 N–H and O–H groups in total. The number of aliphatic hydroxyl groups is 2. The summed E-state index contributed by atoms with van der Waals surface area (Å²) in [4.78, 5) is 0. The first-order chi connectivity index (χ1) is 6.61. The molecular formula is C10H23NO3. The Labute approximate surface area is 86.3 Å². The largest absolute Gasteiger partial charge is 0.395 e. The minimum atomic E-state index is -0.666. The molecule has 14 heavy (non-hydrogen) atoms. The summed E-state index contributed by atoms with van der Waals surface area (Å²) in [5.74, 6) is 0. The second-order valence-electron chi connectivity index (χ2n) is 3.65. The summed E-state index contributed by atoms with van der Waals surface area (Å²) in [5.41, 5.74) is -0.666. The van der Waals surface area contributed by atoms with E-state index in [-0.39, 0.29) is 12.6 Å². The summed E-state index contributed by atoms with van der Waals surface area (Å²) >= 11 is 0. The Bertz CT molecular complexity index is 137. The first kappa shape index (κ1) is 13.8. The van der Waals surface area contributed by atoms with E-state index in [9.17, 15) is 5.11 Å². The van der Waals surface area contributed by atoms with E-state index in [2.05, 4.69) is 5.32 Å². The fourth-order valence-electron chi connectivity index (χ4n) is 1.21. The normalized spacial score (nSPS) is 14.4. The van der Waals surface area contributed by atoms with E-state index in [1.807, 2.05) is 13.8 Å². The molecule has 0 rings (SSSR count). The van der Waals surface area contributed by atoms with Crippen molar-refractivity contribution in [1.82, 2.24) is 5.32 Å². The molecule has 1 unspecified atom stereocenters. The Morgan fingerprint density at radius 3 is 2.29 bits per heavy atom. The topological polar surface area (TPSA) is 61.7 Å². The van der Waals surface area contributed by atoms with Gasteiger partial charge in [-0.1, -0.05) is 13.8 Å². The van der Waals surface area contributed by atoms with Crippen molar-refractivity contribution >= 4 is 0 Å². The molecule has 86 valence electrons. The van der Waals surface area contributed by atoms with Gasteiger partial charge in [0.15, 0.2) is 0 Å². The molecule has 0 bridgehead atoms. The molecule has 0 aliphatic heterocycles. The molecule has 0 amide bonds. The minimum Gasteiger partial charge on any atom is -0.395 e. The van der Waals surface area contributed by atoms with Crippen LogP contribution in [-0.2, 0) is 4.74 Å². The Morgan fingerprint density at radius 2 is 1.93 bits per heavy atom. The van der Waals surface area contributed by atoms with Crippen LogP contribution >= 0.6 is 0 Å². The highest BCUT2D eigenvalue weighted by Crippen LogP contribution is 2.12. The molecule has 0 aromatic carbocycles. The Hall–Kier alpha value is -0.160. The van der Waals surface area contributed by atoms with Crippen LogP contribution in [0.25, 0.3) is 0 Å². The fourth-order valence-corrected chi connectivity index (χ4v) is 1.21. The summed E-state index contributed by atoms with van der Waals surface area (Å²) in [6.07, 6.45) is 1.42. The molecule has 0 aromatic heterocycles. The highest BCUT2D eigenvalue weighted by atomic mass is 16.5. The zero-order valence-electron chi connectivity index (χ0n) is 9.42. The molecule has 1 atom stereocenters. The van der Waals surface area contributed by atoms with Crippen molar-refractivity contribution in [2.75, 3.05) is 26.9 Å². The number of hydrogen-bond donors (Lipinski definition) is 3. The van der Waals surface area contributed by atoms with Crippen LogP contribution in [0, 0.1) is 0 Å². The SMILES string of the molecule is CCC(O)(CC)CNC(CO)COC. The molecule has 0 heterocycles. The van der Waals surface area contributed by atoms with Gasteiger partial charge in [-0.2, -0.15) is 0 Å². The monoisotopic (exact) mass is 205 g/mol. The van der Waals surface area contributed by atoms with Crippen LogP contribution in [0.5, 0.6) is 0 Å². The van der Waals surface area contributed by atoms with Crippen molar-refractivity contribution in [3.05, 3.63) is 0 Å². The van der Waals surface area contributed by atoms with Gasteiger partial charge in [0, 0.05) is 13.7 Å². The number of hydrogen-bond acceptors (Lipinski definition) is 4. The standard InChI is InChI=1S/C10H23NO3/c1-4-10(13,5-2)8-11-9(6-12)7-14-3/h9,11-13H,4-8H2,1-3H3. The zero-order chi connectivity index (χ0) is 11.0. The predicted octanol–water partition coefficient (Wildman–Crippen LogP) is 0.134. The molecule has 4 heteroatoms. The van der Waals surface area contributed by atoms with Gasteiger partial charge in [0.05, 0.1) is 24.9 Å². The third-order valence-corrected chi connectivity index (χ3v) is 2.62. The van der Waals surface area contributed by atoms with Crippen LogP contribution in [0.4, 0.5) is 0 Å². The average Bonchev–Trinajstić information content (AvgIpc) is 2.23. The van der Waals surface area contributed by atoms with Crippen LogP contribution in [-0.4, -0.2) is 48.7 Å². The summed E-state index contributed by atoms with van der Waals surface area (Å²) < 4.78 is 4.92. The van der Waals surface area contributed by atoms with Gasteiger partial charge in [-0.05, 0) is 12.8 Å². The van der Waals surface area contributed by atoms with Crippen molar-refractivity contribution in [2.45, 2.75) is 38.3 Å². The average molecular weight is 205 g/mol. The number of methoxy groups -OCH3 is 1. The lowest BCUT2D eigenvalue weighted by atomic mass is 9.97. The summed E-state index contributed by atoms with van der Waals surface area (Å²) in [6.45, 7) is 4.89. The van der Waals surface area contributed by atoms with E-state index in [1.165, 1.54) is 0 Å². The number of nitrogens with one attached hydrogen (secondary N) is 1. The van der Waals surface area contributed by atoms with Crippen molar-refractivity contribution in [3.63, 3.8) is 0 Å². The van der Waals surface area contributed by atoms with Gasteiger partial charge in [0.1, 0.15) is 0 Å². The van der Waals surface area contributed by atoms with Crippen molar-refractivity contribution in [3.8, 4) is 0 Å². The van der Waals surface area contributed by atoms with E-state index in [1.54, 1.807) is 7.11 Å². The van der Waals surface area contributed by atoms with E-state index >= 15 is 0 Å². The number of ether oxygens (including phenoxy) is 1. The maximum Gasteiger partial charge on any atom is 0.0766 e. The second-order valence-corrected chi connectivity index (χ2v) is 3.65. The second kappa shape index (κ2) is 7.17. The molecule has 0 aliphatic carbocycles. The first-order valence-electron chi connectivity index (χ1n) is 5.17. The first-order valence-corrected chi connectivity index (χ1v) is 5.17. The van der Waals surface area contributed by atoms with E-state index in [4.69, 9.17) is 9.84 Å². The number of rotatable bonds is 8. The molecule has 0 fully saturated rings. The molecule has 0 radical (unpaired) electrons. The lowest BCUT2D eigenvalue weighted by molar-refractivity contribution is 0.0228. The molecule has 0 aliphatic rings. The third-order valence-electron chi connectivity index (χ3n) is 2.62. The van der Waals surface area contributed by atoms with Crippen LogP contribution in [0.1, 0.15) is 26.7 Å². The third kappa shape index (κ3) is 4.91. The van der Waals surface area contributed by atoms with Crippen molar-refractivity contribution in [1.29, 1.82) is 0 Å². The van der Waals surface area contributed by atoms with E-state index in [0.717, 1.165) is 0 Å². The highest BCUT2D eigenvalue weighted by molar-refractivity contribution is 4.80. The Balaban J connectivity index is 3.87. The van der Waals surface area contributed by atoms with Gasteiger partial charge in [-0.3, -0.25) is 0 Å². The van der Waals surface area contributed by atoms with Gasteiger partial charge in [-0.25, -0.2) is 0 Å². The minimum absolute atomic E-state index is 0.0251. The van der Waals surface area contributed by atoms with Crippen LogP contribution in [0.15, 0.2) is 0 Å². The zero-order valence-corrected chi connectivity index (χ0v) is 9.42. The summed E-state index contributed by atoms with van der Waals surface area (Å²) in [7, 11) is 1.59. The van der Waals surface area contributed by atoms with Gasteiger partial charge >= 0.3 is 0 Å². The maximum absolute atomic E-state index is 9.96. The highest BCUT2D eigenvalue weighted by Gasteiger charge is 2.22. The Morgan fingerprint density at radius 1 is 1.36 bits per heavy atom. The lowest BCUT2D eigenvalue weighted by Gasteiger charge is -2.28. The molecule has 0 spiro atoms. The van der Waals surface area contributed by atoms with E-state index in [0.29, 0.717) is 26.0 Å². The maximum atomic E-state index is 9.96. The van der Waals surface area contributed by atoms with Gasteiger partial charge in [-0.15, -0.1) is 0 Å². The predicted molar refractivity (Wildman–Crippen MR) is 56.3 cm³/mol. The lowest BCUT2D eigenvalue weighted by Crippen LogP contribution is -2.46. The number of aliphatic hydroxyl groups excluding tert-OH is 1. The molecule has 0 aromatic rings. The Kier molecular flexibility index (Phi) is 7.09. The van der Waals surface area contributed by atoms with Crippen LogP contribution in [0.3, 0.4) is 0 Å². The molecule has 0 saturated heterocycles. The van der Waals surface area contributed by atoms with Crippen molar-refractivity contribution < 1.29 is 14.9 Å². The van der Waals surface area contributed by atoms with Crippen LogP contribution < -0.4 is 5.32 Å². The molecular weight excluding hydrogens is 182 g/mol. The summed E-state index contributed by atoms with van der Waals surface area (Å²) in [5, 5.41) is 22.0. The van der Waals surface area contributed by atoms with Crippen LogP contribution in [0.2, 0.25) is 0 Å². The van der Waals surface area contributed by atoms with E-state index < -0.39 is 5.60 Å². The van der Waals surface area contributed by atoms with Crippen molar-refractivity contribution in [2.24, 2.45) is 0 Å². The quantitative estimate of drug-likeness (QED) is 0.527. The summed E-state index contributed by atoms with van der Waals surface area (Å²) in [6, 6.07) is -0.0929. The fraction of sp³-hybridized carbons (Fsp3) is 1.00. The molecule has 0 saturated carbocycles. The molecule has 4 nitrogen and oxygen atoms in total. The van der Waals surface area contributed by atoms with Gasteiger partial charge in [0.25, 0.3) is 0 Å². The smallest absolute Gasteiger partial charge is 0.0766 e. The van der Waals surface area contributed by atoms with Gasteiger partial charge < -0.3 is 20.3 Å².